The maximum Gasteiger partial charge on any atom is 0.161 e. The van der Waals surface area contributed by atoms with E-state index in [2.05, 4.69) is 35.5 Å². The molecule has 0 spiro atoms. The summed E-state index contributed by atoms with van der Waals surface area (Å²) in [5.41, 5.74) is 4.32. The lowest BCUT2D eigenvalue weighted by Gasteiger charge is -2.12. The molecular formula is C24H19FN8OS. The van der Waals surface area contributed by atoms with Gasteiger partial charge in [0.25, 0.3) is 0 Å². The number of hydrogen-bond acceptors (Lipinski definition) is 8. The van der Waals surface area contributed by atoms with Crippen LogP contribution in [0.2, 0.25) is 0 Å². The Morgan fingerprint density at radius 1 is 1.11 bits per heavy atom. The second-order valence-electron chi connectivity index (χ2n) is 7.96. The van der Waals surface area contributed by atoms with Crippen molar-refractivity contribution >= 4 is 39.0 Å². The molecule has 0 aliphatic rings. The first-order valence-electron chi connectivity index (χ1n) is 10.9. The highest BCUT2D eigenvalue weighted by atomic mass is 32.1. The van der Waals surface area contributed by atoms with Crippen molar-refractivity contribution in [3.05, 3.63) is 60.4 Å². The van der Waals surface area contributed by atoms with Crippen molar-refractivity contribution in [3.8, 4) is 33.2 Å². The maximum absolute atomic E-state index is 15.9. The number of anilines is 1. The van der Waals surface area contributed by atoms with Crippen molar-refractivity contribution in [1.29, 1.82) is 0 Å². The van der Waals surface area contributed by atoms with Crippen LogP contribution in [0.25, 0.3) is 55.2 Å². The Balaban J connectivity index is 1.47. The number of imidazole rings is 1. The molecule has 0 radical (unpaired) electrons. The number of aromatic amines is 2. The number of nitrogens with zero attached hydrogens (tertiary/aromatic N) is 5. The van der Waals surface area contributed by atoms with Crippen LogP contribution in [0.3, 0.4) is 0 Å². The van der Waals surface area contributed by atoms with Crippen LogP contribution in [0.4, 0.5) is 10.1 Å². The summed E-state index contributed by atoms with van der Waals surface area (Å²) in [6.07, 6.45) is 7.88. The Kier molecular flexibility index (Phi) is 5.20. The number of thiophene rings is 1. The third kappa shape index (κ3) is 3.70. The molecule has 9 nitrogen and oxygen atoms in total. The van der Waals surface area contributed by atoms with E-state index in [1.54, 1.807) is 36.0 Å². The average molecular weight is 487 g/mol. The number of rotatable bonds is 6. The minimum atomic E-state index is -0.727. The fourth-order valence-electron chi connectivity index (χ4n) is 3.95. The number of H-pyrrole nitrogens is 2. The Hall–Kier alpha value is -4.22. The largest absolute Gasteiger partial charge is 0.374 e. The van der Waals surface area contributed by atoms with Gasteiger partial charge in [-0.15, -0.1) is 11.3 Å². The second kappa shape index (κ2) is 8.53. The summed E-state index contributed by atoms with van der Waals surface area (Å²) >= 11 is 1.60. The molecule has 174 valence electrons. The first kappa shape index (κ1) is 21.3. The molecular weight excluding hydrogens is 467 g/mol. The molecule has 1 unspecified atom stereocenters. The van der Waals surface area contributed by atoms with Gasteiger partial charge in [-0.2, -0.15) is 5.10 Å². The monoisotopic (exact) mass is 486 g/mol. The third-order valence-corrected chi connectivity index (χ3v) is 6.58. The van der Waals surface area contributed by atoms with Crippen LogP contribution in [-0.4, -0.2) is 46.5 Å². The Labute approximate surface area is 202 Å². The first-order chi connectivity index (χ1) is 17.1. The lowest BCUT2D eigenvalue weighted by Crippen LogP contribution is -2.17. The molecule has 6 rings (SSSR count). The number of pyridine rings is 3. The molecule has 6 heterocycles. The Bertz CT molecular complexity index is 1660. The highest BCUT2D eigenvalue weighted by Gasteiger charge is 2.21. The van der Waals surface area contributed by atoms with Crippen LogP contribution in [-0.2, 0) is 0 Å². The van der Waals surface area contributed by atoms with Crippen LogP contribution in [0.5, 0.6) is 0 Å². The SMILES string of the molecule is CCC(O)Nc1cncc(-c2ncc3[nH]nc(-c4nc5c(-c6cccs6)cncc5[nH]4)c3c2F)c1. The summed E-state index contributed by atoms with van der Waals surface area (Å²) in [5, 5.41) is 22.3. The van der Waals surface area contributed by atoms with Crippen molar-refractivity contribution in [2.24, 2.45) is 0 Å². The maximum atomic E-state index is 15.9. The van der Waals surface area contributed by atoms with Gasteiger partial charge >= 0.3 is 0 Å². The molecule has 6 aromatic heterocycles. The molecule has 0 fully saturated rings. The highest BCUT2D eigenvalue weighted by Crippen LogP contribution is 2.35. The van der Waals surface area contributed by atoms with E-state index < -0.39 is 12.0 Å². The van der Waals surface area contributed by atoms with Gasteiger partial charge < -0.3 is 15.4 Å². The van der Waals surface area contributed by atoms with Crippen molar-refractivity contribution in [1.82, 2.24) is 35.1 Å². The molecule has 0 aliphatic carbocycles. The quantitative estimate of drug-likeness (QED) is 0.245. The van der Waals surface area contributed by atoms with Gasteiger partial charge in [-0.05, 0) is 23.9 Å². The van der Waals surface area contributed by atoms with Gasteiger partial charge in [0, 0.05) is 28.4 Å². The number of aromatic nitrogens is 7. The van der Waals surface area contributed by atoms with Gasteiger partial charge in [0.05, 0.1) is 40.7 Å². The van der Waals surface area contributed by atoms with Crippen molar-refractivity contribution in [2.75, 3.05) is 5.32 Å². The molecule has 0 aromatic carbocycles. The zero-order valence-electron chi connectivity index (χ0n) is 18.5. The van der Waals surface area contributed by atoms with Crippen molar-refractivity contribution in [3.63, 3.8) is 0 Å². The van der Waals surface area contributed by atoms with E-state index in [1.807, 2.05) is 24.4 Å². The van der Waals surface area contributed by atoms with E-state index in [9.17, 15) is 5.11 Å². The topological polar surface area (TPSA) is 128 Å². The van der Waals surface area contributed by atoms with E-state index in [0.717, 1.165) is 21.5 Å². The number of nitrogens with one attached hydrogen (secondary N) is 3. The predicted octanol–water partition coefficient (Wildman–Crippen LogP) is 4.97. The fraction of sp³-hybridized carbons (Fsp3) is 0.125. The van der Waals surface area contributed by atoms with Crippen molar-refractivity contribution < 1.29 is 9.50 Å². The zero-order chi connectivity index (χ0) is 23.9. The number of hydrogen-bond donors (Lipinski definition) is 4. The molecule has 6 aromatic rings. The average Bonchev–Trinajstić information content (AvgIpc) is 3.63. The summed E-state index contributed by atoms with van der Waals surface area (Å²) < 4.78 is 15.9. The highest BCUT2D eigenvalue weighted by molar-refractivity contribution is 7.13. The van der Waals surface area contributed by atoms with E-state index in [4.69, 9.17) is 4.98 Å². The normalized spacial score (nSPS) is 12.4. The summed E-state index contributed by atoms with van der Waals surface area (Å²) in [6, 6.07) is 5.68. The minimum Gasteiger partial charge on any atom is -0.374 e. The van der Waals surface area contributed by atoms with Crippen LogP contribution in [0.1, 0.15) is 13.3 Å². The smallest absolute Gasteiger partial charge is 0.161 e. The summed E-state index contributed by atoms with van der Waals surface area (Å²) in [4.78, 5) is 21.8. The van der Waals surface area contributed by atoms with Gasteiger partial charge in [0.1, 0.15) is 23.1 Å². The summed E-state index contributed by atoms with van der Waals surface area (Å²) in [7, 11) is 0. The van der Waals surface area contributed by atoms with Crippen LogP contribution in [0, 0.1) is 5.82 Å². The summed E-state index contributed by atoms with van der Waals surface area (Å²) in [5.74, 6) is -0.119. The van der Waals surface area contributed by atoms with E-state index in [-0.39, 0.29) is 11.1 Å². The van der Waals surface area contributed by atoms with Gasteiger partial charge in [0.2, 0.25) is 0 Å². The van der Waals surface area contributed by atoms with Crippen LogP contribution in [0.15, 0.2) is 54.6 Å². The molecule has 4 N–H and O–H groups in total. The Morgan fingerprint density at radius 3 is 2.83 bits per heavy atom. The molecule has 0 aliphatic heterocycles. The van der Waals surface area contributed by atoms with Gasteiger partial charge in [-0.3, -0.25) is 20.1 Å². The molecule has 0 saturated carbocycles. The number of fused-ring (bicyclic) bond motifs is 2. The van der Waals surface area contributed by atoms with E-state index in [1.165, 1.54) is 12.4 Å². The number of halogens is 1. The number of aliphatic hydroxyl groups excluding tert-OH is 1. The molecule has 0 bridgehead atoms. The first-order valence-corrected chi connectivity index (χ1v) is 11.8. The third-order valence-electron chi connectivity index (χ3n) is 5.68. The van der Waals surface area contributed by atoms with Crippen LogP contribution < -0.4 is 5.32 Å². The zero-order valence-corrected chi connectivity index (χ0v) is 19.3. The van der Waals surface area contributed by atoms with Gasteiger partial charge in [0.15, 0.2) is 11.6 Å². The molecule has 1 atom stereocenters. The lowest BCUT2D eigenvalue weighted by molar-refractivity contribution is 0.199. The van der Waals surface area contributed by atoms with Crippen molar-refractivity contribution in [2.45, 2.75) is 19.6 Å². The lowest BCUT2D eigenvalue weighted by atomic mass is 10.1. The van der Waals surface area contributed by atoms with Gasteiger partial charge in [-0.25, -0.2) is 9.37 Å². The Morgan fingerprint density at radius 2 is 2.00 bits per heavy atom. The summed E-state index contributed by atoms with van der Waals surface area (Å²) in [6.45, 7) is 1.85. The van der Waals surface area contributed by atoms with Crippen LogP contribution >= 0.6 is 11.3 Å². The van der Waals surface area contributed by atoms with E-state index in [0.29, 0.717) is 34.7 Å². The second-order valence-corrected chi connectivity index (χ2v) is 8.91. The molecule has 0 saturated heterocycles. The molecule has 0 amide bonds. The predicted molar refractivity (Wildman–Crippen MR) is 133 cm³/mol. The fourth-order valence-corrected chi connectivity index (χ4v) is 4.69. The molecule has 11 heteroatoms. The number of aliphatic hydroxyl groups is 1. The van der Waals surface area contributed by atoms with Gasteiger partial charge in [-0.1, -0.05) is 13.0 Å². The molecule has 35 heavy (non-hydrogen) atoms. The minimum absolute atomic E-state index is 0.124. The van der Waals surface area contributed by atoms with E-state index >= 15 is 4.39 Å². The standard InChI is InChI=1S/C24H19FN8OS/c1-2-18(34)29-13-6-12(7-26-8-13)21-20(25)19-15(11-28-21)32-33-23(19)24-30-16-10-27-9-14(22(16)31-24)17-4-3-5-35-17/h3-11,18,29,34H,2H2,1H3,(H,30,31)(H,32,33).